The van der Waals surface area contributed by atoms with Crippen LogP contribution in [0.15, 0.2) is 18.2 Å². The maximum absolute atomic E-state index is 12.7. The molecule has 0 radical (unpaired) electrons. The van der Waals surface area contributed by atoms with E-state index in [1.165, 1.54) is 18.2 Å². The van der Waals surface area contributed by atoms with Crippen LogP contribution in [0.4, 0.5) is 0 Å². The molecule has 8 N–H and O–H groups in total. The first-order valence-corrected chi connectivity index (χ1v) is 12.6. The van der Waals surface area contributed by atoms with E-state index in [4.69, 9.17) is 15.2 Å². The molecule has 1 fully saturated rings. The van der Waals surface area contributed by atoms with Crippen molar-refractivity contribution in [1.82, 2.24) is 0 Å². The number of aryl methyl sites for hydroxylation is 1. The van der Waals surface area contributed by atoms with Crippen LogP contribution in [0, 0.1) is 6.92 Å². The monoisotopic (exact) mass is 541 g/mol. The number of Topliss-reactive ketones (excluding diaryl/α,β-unsaturated/α-hetero) is 1. The van der Waals surface area contributed by atoms with E-state index in [-0.39, 0.29) is 51.3 Å². The largest absolute Gasteiger partial charge is 0.507 e. The number of benzene rings is 3. The van der Waals surface area contributed by atoms with E-state index in [0.717, 1.165) is 0 Å². The Morgan fingerprint density at radius 3 is 2.54 bits per heavy atom. The van der Waals surface area contributed by atoms with E-state index < -0.39 is 66.6 Å². The molecule has 3 aromatic carbocycles. The fourth-order valence-electron chi connectivity index (χ4n) is 6.08. The number of nitrogens with two attached hydrogens (primary N) is 1. The molecule has 5 rings (SSSR count). The minimum atomic E-state index is -2.12. The van der Waals surface area contributed by atoms with Gasteiger partial charge in [0.2, 0.25) is 0 Å². The second-order valence-electron chi connectivity index (χ2n) is 10.5. The maximum atomic E-state index is 12.7. The highest BCUT2D eigenvalue weighted by Gasteiger charge is 2.47. The number of carbonyl (C=O) groups is 2. The molecule has 39 heavy (non-hydrogen) atoms. The number of ether oxygens (including phenoxy) is 2. The molecule has 3 aromatic rings. The first-order chi connectivity index (χ1) is 18.4. The van der Waals surface area contributed by atoms with Gasteiger partial charge < -0.3 is 45.8 Å². The van der Waals surface area contributed by atoms with Gasteiger partial charge in [-0.2, -0.15) is 0 Å². The van der Waals surface area contributed by atoms with Crippen molar-refractivity contribution >= 4 is 33.6 Å². The molecule has 0 bridgehead atoms. The summed E-state index contributed by atoms with van der Waals surface area (Å²) in [5.74, 6) is -2.10. The van der Waals surface area contributed by atoms with Gasteiger partial charge in [-0.05, 0) is 25.0 Å². The summed E-state index contributed by atoms with van der Waals surface area (Å²) in [5, 5.41) is 65.3. The Balaban J connectivity index is 1.77. The molecule has 6 atom stereocenters. The topological polar surface area (TPSA) is 200 Å². The van der Waals surface area contributed by atoms with Crippen molar-refractivity contribution in [2.24, 2.45) is 5.73 Å². The molecule has 1 aliphatic heterocycles. The van der Waals surface area contributed by atoms with Crippen LogP contribution >= 0.6 is 0 Å². The van der Waals surface area contributed by atoms with E-state index in [1.807, 2.05) is 0 Å². The maximum Gasteiger partial charge on any atom is 0.190 e. The molecular weight excluding hydrogens is 510 g/mol. The zero-order chi connectivity index (χ0) is 28.4. The molecule has 0 saturated carbocycles. The SMILES string of the molecule is Cc1c2c(c(O)c3c(O)c4cccc(C=O)c4c(O)c13)C[C@@](O)(C(=O)CO)C[C@@H]2OC1CC(N)C(O)C(C)O1. The molecule has 0 spiro atoms. The van der Waals surface area contributed by atoms with Crippen molar-refractivity contribution in [3.8, 4) is 17.2 Å². The summed E-state index contributed by atoms with van der Waals surface area (Å²) in [5.41, 5.74) is 4.88. The van der Waals surface area contributed by atoms with E-state index in [0.29, 0.717) is 17.4 Å². The molecule has 4 unspecified atom stereocenters. The van der Waals surface area contributed by atoms with Crippen LogP contribution in [-0.4, -0.2) is 79.5 Å². The predicted molar refractivity (Wildman–Crippen MR) is 139 cm³/mol. The summed E-state index contributed by atoms with van der Waals surface area (Å²) in [6, 6.07) is 3.83. The molecule has 2 aliphatic rings. The number of phenols is 3. The van der Waals surface area contributed by atoms with Crippen LogP contribution in [0.5, 0.6) is 17.2 Å². The fraction of sp³-hybridized carbons (Fsp3) is 0.429. The van der Waals surface area contributed by atoms with Crippen LogP contribution in [0.2, 0.25) is 0 Å². The number of aromatic hydroxyl groups is 3. The second kappa shape index (κ2) is 9.70. The number of phenolic OH excluding ortho intramolecular Hbond substituents is 3. The van der Waals surface area contributed by atoms with Gasteiger partial charge in [0.25, 0.3) is 0 Å². The van der Waals surface area contributed by atoms with Gasteiger partial charge in [0.15, 0.2) is 18.4 Å². The number of rotatable bonds is 5. The van der Waals surface area contributed by atoms with Gasteiger partial charge in [0.1, 0.15) is 29.5 Å². The first-order valence-electron chi connectivity index (χ1n) is 12.6. The fourth-order valence-corrected chi connectivity index (χ4v) is 6.08. The van der Waals surface area contributed by atoms with Crippen LogP contribution in [0.3, 0.4) is 0 Å². The third-order valence-electron chi connectivity index (χ3n) is 8.11. The Kier molecular flexibility index (Phi) is 6.78. The van der Waals surface area contributed by atoms with E-state index >= 15 is 0 Å². The molecule has 1 aliphatic carbocycles. The number of hydrogen-bond donors (Lipinski definition) is 7. The Labute approximate surface area is 223 Å². The summed E-state index contributed by atoms with van der Waals surface area (Å²) in [6.07, 6.45) is -3.67. The van der Waals surface area contributed by atoms with Gasteiger partial charge in [-0.15, -0.1) is 0 Å². The van der Waals surface area contributed by atoms with Gasteiger partial charge in [-0.1, -0.05) is 18.2 Å². The average molecular weight is 542 g/mol. The minimum Gasteiger partial charge on any atom is -0.507 e. The number of ketones is 1. The quantitative estimate of drug-likeness (QED) is 0.140. The van der Waals surface area contributed by atoms with Crippen molar-refractivity contribution < 1.29 is 49.7 Å². The first kappa shape index (κ1) is 27.3. The standard InChI is InChI=1S/C28H31NO10/c1-11-20-15(26(35)23-21(11)27(36)22-13(9-30)4-3-5-14(22)25(23)34)7-28(37,18(32)10-31)8-17(20)39-19-6-16(29)24(33)12(2)38-19/h3-5,9,12,16-17,19,24,31,33-37H,6-8,10,29H2,1-2H3/t12?,16?,17-,19?,24?,28-/m0/s1. The molecular formula is C28H31NO10. The van der Waals surface area contributed by atoms with Gasteiger partial charge in [0.05, 0.1) is 23.7 Å². The summed E-state index contributed by atoms with van der Waals surface area (Å²) >= 11 is 0. The van der Waals surface area contributed by atoms with Crippen molar-refractivity contribution in [3.63, 3.8) is 0 Å². The zero-order valence-electron chi connectivity index (χ0n) is 21.4. The van der Waals surface area contributed by atoms with Crippen molar-refractivity contribution in [3.05, 3.63) is 40.5 Å². The molecule has 0 amide bonds. The lowest BCUT2D eigenvalue weighted by molar-refractivity contribution is -0.247. The lowest BCUT2D eigenvalue weighted by atomic mass is 9.73. The number of aliphatic hydroxyl groups is 3. The van der Waals surface area contributed by atoms with Crippen LogP contribution in [-0.2, 0) is 20.7 Å². The highest BCUT2D eigenvalue weighted by Crippen LogP contribution is 2.54. The lowest BCUT2D eigenvalue weighted by Crippen LogP contribution is -2.53. The Hall–Kier alpha value is -3.32. The number of aliphatic hydroxyl groups excluding tert-OH is 2. The van der Waals surface area contributed by atoms with Gasteiger partial charge in [-0.25, -0.2) is 0 Å². The average Bonchev–Trinajstić information content (AvgIpc) is 2.90. The van der Waals surface area contributed by atoms with Crippen molar-refractivity contribution in [2.45, 2.75) is 69.4 Å². The summed E-state index contributed by atoms with van der Waals surface area (Å²) in [6.45, 7) is 2.30. The highest BCUT2D eigenvalue weighted by atomic mass is 16.7. The summed E-state index contributed by atoms with van der Waals surface area (Å²) < 4.78 is 12.0. The molecule has 208 valence electrons. The summed E-state index contributed by atoms with van der Waals surface area (Å²) in [4.78, 5) is 24.4. The predicted octanol–water partition coefficient (Wildman–Crippen LogP) is 1.35. The smallest absolute Gasteiger partial charge is 0.190 e. The van der Waals surface area contributed by atoms with Gasteiger partial charge in [0, 0.05) is 52.6 Å². The van der Waals surface area contributed by atoms with Crippen molar-refractivity contribution in [2.75, 3.05) is 6.61 Å². The number of carbonyl (C=O) groups excluding carboxylic acids is 2. The number of fused-ring (bicyclic) bond motifs is 3. The van der Waals surface area contributed by atoms with Crippen LogP contribution in [0.1, 0.15) is 52.9 Å². The van der Waals surface area contributed by atoms with Crippen LogP contribution < -0.4 is 5.73 Å². The van der Waals surface area contributed by atoms with Gasteiger partial charge in [-0.3, -0.25) is 9.59 Å². The minimum absolute atomic E-state index is 0.0723. The Morgan fingerprint density at radius 2 is 1.90 bits per heavy atom. The molecule has 1 heterocycles. The number of aldehydes is 1. The molecule has 1 saturated heterocycles. The Bertz CT molecular complexity index is 1490. The number of hydrogen-bond acceptors (Lipinski definition) is 11. The lowest BCUT2D eigenvalue weighted by Gasteiger charge is -2.42. The molecule has 11 heteroatoms. The molecule has 11 nitrogen and oxygen atoms in total. The van der Waals surface area contributed by atoms with E-state index in [9.17, 15) is 40.2 Å². The third kappa shape index (κ3) is 4.13. The van der Waals surface area contributed by atoms with E-state index in [2.05, 4.69) is 0 Å². The highest BCUT2D eigenvalue weighted by molar-refractivity contribution is 6.18. The second-order valence-corrected chi connectivity index (χ2v) is 10.5. The third-order valence-corrected chi connectivity index (χ3v) is 8.11. The normalized spacial score (nSPS) is 28.9. The molecule has 0 aromatic heterocycles. The van der Waals surface area contributed by atoms with Crippen molar-refractivity contribution in [1.29, 1.82) is 0 Å². The zero-order valence-corrected chi connectivity index (χ0v) is 21.4. The van der Waals surface area contributed by atoms with Gasteiger partial charge >= 0.3 is 0 Å². The van der Waals surface area contributed by atoms with Crippen LogP contribution in [0.25, 0.3) is 21.5 Å². The summed E-state index contributed by atoms with van der Waals surface area (Å²) in [7, 11) is 0. The Morgan fingerprint density at radius 1 is 1.18 bits per heavy atom. The van der Waals surface area contributed by atoms with E-state index in [1.54, 1.807) is 13.8 Å².